The van der Waals surface area contributed by atoms with Crippen LogP contribution in [0.15, 0.2) is 82.1 Å². The van der Waals surface area contributed by atoms with E-state index >= 15 is 0 Å². The van der Waals surface area contributed by atoms with Crippen molar-refractivity contribution < 1.29 is 17.6 Å². The Labute approximate surface area is 223 Å². The molecule has 196 valence electrons. The first-order valence-electron chi connectivity index (χ1n) is 13.1. The summed E-state index contributed by atoms with van der Waals surface area (Å²) >= 11 is 0. The molecule has 1 heterocycles. The summed E-state index contributed by atoms with van der Waals surface area (Å²) in [5.41, 5.74) is 3.61. The van der Waals surface area contributed by atoms with Crippen molar-refractivity contribution in [2.75, 3.05) is 5.32 Å². The van der Waals surface area contributed by atoms with E-state index in [4.69, 9.17) is 4.42 Å². The summed E-state index contributed by atoms with van der Waals surface area (Å²) in [6, 6.07) is 21.2. The summed E-state index contributed by atoms with van der Waals surface area (Å²) in [4.78, 5) is 17.7. The zero-order chi connectivity index (χ0) is 26.7. The smallest absolute Gasteiger partial charge is 0.255 e. The Morgan fingerprint density at radius 2 is 1.63 bits per heavy atom. The molecule has 38 heavy (non-hydrogen) atoms. The lowest BCUT2D eigenvalue weighted by atomic mass is 9.65. The Balaban J connectivity index is 1.15. The number of sulfone groups is 1. The molecule has 2 fully saturated rings. The van der Waals surface area contributed by atoms with Crippen LogP contribution in [0.3, 0.4) is 0 Å². The second kappa shape index (κ2) is 8.80. The summed E-state index contributed by atoms with van der Waals surface area (Å²) in [7, 11) is -3.47. The predicted octanol–water partition coefficient (Wildman–Crippen LogP) is 7.13. The van der Waals surface area contributed by atoms with Gasteiger partial charge in [-0.05, 0) is 103 Å². The highest BCUT2D eigenvalue weighted by atomic mass is 32.2. The van der Waals surface area contributed by atoms with Crippen LogP contribution in [-0.2, 0) is 9.84 Å². The monoisotopic (exact) mass is 528 g/mol. The average molecular weight is 529 g/mol. The number of carbonyl (C=O) groups excluding carboxylic acids is 1. The Bertz CT molecular complexity index is 1590. The van der Waals surface area contributed by atoms with Gasteiger partial charge in [0.25, 0.3) is 5.91 Å². The van der Waals surface area contributed by atoms with Gasteiger partial charge in [-0.25, -0.2) is 13.4 Å². The Morgan fingerprint density at radius 1 is 0.921 bits per heavy atom. The Hall–Kier alpha value is -3.45. The van der Waals surface area contributed by atoms with Crippen molar-refractivity contribution in [3.05, 3.63) is 78.4 Å². The number of oxazole rings is 1. The van der Waals surface area contributed by atoms with Crippen LogP contribution in [0.2, 0.25) is 0 Å². The Morgan fingerprint density at radius 3 is 2.34 bits per heavy atom. The topological polar surface area (TPSA) is 89.3 Å². The third-order valence-electron chi connectivity index (χ3n) is 8.22. The van der Waals surface area contributed by atoms with Gasteiger partial charge in [0, 0.05) is 16.8 Å². The van der Waals surface area contributed by atoms with E-state index in [0.29, 0.717) is 28.5 Å². The lowest BCUT2D eigenvalue weighted by Gasteiger charge is -2.40. The van der Waals surface area contributed by atoms with Crippen molar-refractivity contribution in [2.24, 2.45) is 16.7 Å². The summed E-state index contributed by atoms with van der Waals surface area (Å²) in [5.74, 6) is 0.411. The van der Waals surface area contributed by atoms with Crippen molar-refractivity contribution in [1.82, 2.24) is 4.98 Å². The molecule has 2 saturated carbocycles. The van der Waals surface area contributed by atoms with Gasteiger partial charge in [0.15, 0.2) is 15.4 Å². The maximum atomic E-state index is 13.6. The van der Waals surface area contributed by atoms with Gasteiger partial charge in [0.05, 0.1) is 10.1 Å². The van der Waals surface area contributed by atoms with Crippen LogP contribution < -0.4 is 5.32 Å². The number of anilines is 1. The van der Waals surface area contributed by atoms with Crippen LogP contribution in [0.1, 0.15) is 56.8 Å². The van der Waals surface area contributed by atoms with E-state index < -0.39 is 9.84 Å². The fourth-order valence-electron chi connectivity index (χ4n) is 7.01. The fourth-order valence-corrected chi connectivity index (χ4v) is 9.20. The highest BCUT2D eigenvalue weighted by Crippen LogP contribution is 2.59. The van der Waals surface area contributed by atoms with Gasteiger partial charge >= 0.3 is 0 Å². The minimum atomic E-state index is -3.47. The molecule has 3 unspecified atom stereocenters. The molecule has 7 heteroatoms. The zero-order valence-corrected chi connectivity index (χ0v) is 22.7. The molecular weight excluding hydrogens is 496 g/mol. The lowest BCUT2D eigenvalue weighted by molar-refractivity contribution is 0.102. The molecule has 0 radical (unpaired) electrons. The van der Waals surface area contributed by atoms with Crippen LogP contribution in [0, 0.1) is 16.7 Å². The lowest BCUT2D eigenvalue weighted by Crippen LogP contribution is -2.31. The number of benzene rings is 3. The van der Waals surface area contributed by atoms with E-state index in [1.54, 1.807) is 36.4 Å². The van der Waals surface area contributed by atoms with E-state index in [-0.39, 0.29) is 27.9 Å². The van der Waals surface area contributed by atoms with Crippen LogP contribution in [0.5, 0.6) is 0 Å². The number of fused-ring (bicyclic) bond motifs is 3. The molecule has 6 rings (SSSR count). The van der Waals surface area contributed by atoms with Crippen molar-refractivity contribution in [1.29, 1.82) is 0 Å². The summed E-state index contributed by atoms with van der Waals surface area (Å²) in [6.07, 6.45) is 3.70. The number of para-hydroxylation sites is 2. The molecule has 3 atom stereocenters. The van der Waals surface area contributed by atoms with Crippen molar-refractivity contribution >= 4 is 32.5 Å². The number of rotatable bonds is 5. The highest BCUT2D eigenvalue weighted by molar-refractivity contribution is 7.92. The normalized spacial score (nSPS) is 24.4. The number of amides is 1. The number of aromatic nitrogens is 1. The molecule has 0 spiro atoms. The molecule has 0 aliphatic heterocycles. The van der Waals surface area contributed by atoms with E-state index in [1.807, 2.05) is 36.4 Å². The molecule has 3 aromatic carbocycles. The third-order valence-corrected chi connectivity index (χ3v) is 10.5. The minimum Gasteiger partial charge on any atom is -0.436 e. The molecule has 1 amide bonds. The maximum Gasteiger partial charge on any atom is 0.255 e. The molecule has 2 aliphatic carbocycles. The van der Waals surface area contributed by atoms with E-state index in [0.717, 1.165) is 35.9 Å². The van der Waals surface area contributed by atoms with Gasteiger partial charge in [-0.2, -0.15) is 0 Å². The summed E-state index contributed by atoms with van der Waals surface area (Å²) in [5, 5.41) is 2.53. The van der Waals surface area contributed by atoms with Gasteiger partial charge in [-0.1, -0.05) is 32.9 Å². The van der Waals surface area contributed by atoms with Crippen molar-refractivity contribution in [2.45, 2.75) is 56.6 Å². The zero-order valence-electron chi connectivity index (χ0n) is 21.9. The minimum absolute atomic E-state index is 0.0833. The van der Waals surface area contributed by atoms with E-state index in [1.165, 1.54) is 0 Å². The highest BCUT2D eigenvalue weighted by Gasteiger charge is 2.54. The fraction of sp³-hybridized carbons (Fsp3) is 0.355. The van der Waals surface area contributed by atoms with Gasteiger partial charge in [0.2, 0.25) is 5.89 Å². The number of hydrogen-bond acceptors (Lipinski definition) is 5. The second-order valence-corrected chi connectivity index (χ2v) is 14.3. The molecular formula is C31H32N2O4S. The second-order valence-electron chi connectivity index (χ2n) is 12.2. The molecule has 6 nitrogen and oxygen atoms in total. The number of hydrogen-bond donors (Lipinski definition) is 1. The van der Waals surface area contributed by atoms with Gasteiger partial charge < -0.3 is 9.73 Å². The van der Waals surface area contributed by atoms with Gasteiger partial charge in [-0.15, -0.1) is 0 Å². The van der Waals surface area contributed by atoms with Crippen molar-refractivity contribution in [3.63, 3.8) is 0 Å². The van der Waals surface area contributed by atoms with Crippen LogP contribution in [0.25, 0.3) is 22.6 Å². The first kappa shape index (κ1) is 24.9. The molecule has 2 bridgehead atoms. The molecule has 2 aliphatic rings. The number of nitrogens with zero attached hydrogens (tertiary/aromatic N) is 1. The molecule has 4 aromatic rings. The van der Waals surface area contributed by atoms with Crippen LogP contribution >= 0.6 is 0 Å². The maximum absolute atomic E-state index is 13.6. The first-order chi connectivity index (χ1) is 18.0. The summed E-state index contributed by atoms with van der Waals surface area (Å²) in [6.45, 7) is 6.75. The summed E-state index contributed by atoms with van der Waals surface area (Å²) < 4.78 is 33.0. The van der Waals surface area contributed by atoms with Gasteiger partial charge in [-0.3, -0.25) is 4.79 Å². The predicted molar refractivity (Wildman–Crippen MR) is 149 cm³/mol. The van der Waals surface area contributed by atoms with E-state index in [9.17, 15) is 13.2 Å². The Kier molecular flexibility index (Phi) is 5.76. The first-order valence-corrected chi connectivity index (χ1v) is 14.7. The standard InChI is InChI=1S/C31H32N2O4S/c1-30(2)16-22-17-31(3,19-30)18-27(22)38(35,36)24-14-10-20(11-15-24)28(34)32-23-12-8-21(9-13-23)29-33-25-6-4-5-7-26(25)37-29/h4-15,22,27H,16-19H2,1-3H3,(H,32,34). The quantitative estimate of drug-likeness (QED) is 0.298. The van der Waals surface area contributed by atoms with Crippen LogP contribution in [0.4, 0.5) is 5.69 Å². The molecule has 1 N–H and O–H groups in total. The van der Waals surface area contributed by atoms with E-state index in [2.05, 4.69) is 31.1 Å². The van der Waals surface area contributed by atoms with Crippen LogP contribution in [-0.4, -0.2) is 24.6 Å². The average Bonchev–Trinajstić information content (AvgIpc) is 3.42. The SMILES string of the molecule is CC1(C)CC2CC(C)(CC2S(=O)(=O)c2ccc(C(=O)Nc3ccc(-c4nc5ccccc5o4)cc3)cc2)C1. The largest absolute Gasteiger partial charge is 0.436 e. The van der Waals surface area contributed by atoms with Gasteiger partial charge in [0.1, 0.15) is 5.52 Å². The third kappa shape index (κ3) is 4.53. The molecule has 0 saturated heterocycles. The molecule has 1 aromatic heterocycles. The number of carbonyl (C=O) groups is 1. The number of nitrogens with one attached hydrogen (secondary N) is 1. The van der Waals surface area contributed by atoms with Crippen molar-refractivity contribution in [3.8, 4) is 11.5 Å².